The molecule has 1 heterocycles. The molecule has 0 saturated heterocycles. The largest absolute Gasteiger partial charge is 0.464 e. The summed E-state index contributed by atoms with van der Waals surface area (Å²) in [5, 5.41) is 0. The first-order chi connectivity index (χ1) is 8.70. The fraction of sp³-hybridized carbons (Fsp3) is 0.267. The Bertz CT molecular complexity index is 514. The van der Waals surface area contributed by atoms with E-state index in [9.17, 15) is 4.79 Å². The van der Waals surface area contributed by atoms with E-state index in [-0.39, 0.29) is 11.9 Å². The second-order valence-corrected chi connectivity index (χ2v) is 4.24. The summed E-state index contributed by atoms with van der Waals surface area (Å²) < 4.78 is 10.6. The topological polar surface area (TPSA) is 39.4 Å². The van der Waals surface area contributed by atoms with Gasteiger partial charge >= 0.3 is 5.97 Å². The van der Waals surface area contributed by atoms with Crippen LogP contribution in [0, 0.1) is 5.92 Å². The van der Waals surface area contributed by atoms with E-state index in [0.29, 0.717) is 5.75 Å². The van der Waals surface area contributed by atoms with Crippen LogP contribution >= 0.6 is 0 Å². The quantitative estimate of drug-likeness (QED) is 0.605. The van der Waals surface area contributed by atoms with Gasteiger partial charge < -0.3 is 9.15 Å². The van der Waals surface area contributed by atoms with Gasteiger partial charge in [-0.3, -0.25) is 4.79 Å². The first kappa shape index (κ1) is 12.4. The number of esters is 1. The summed E-state index contributed by atoms with van der Waals surface area (Å²) in [6.45, 7) is 3.82. The third-order valence-corrected chi connectivity index (χ3v) is 2.87. The lowest BCUT2D eigenvalue weighted by atomic mass is 10.1. The third kappa shape index (κ3) is 2.80. The highest BCUT2D eigenvalue weighted by Crippen LogP contribution is 2.24. The van der Waals surface area contributed by atoms with E-state index < -0.39 is 0 Å². The maximum atomic E-state index is 11.7. The number of ether oxygens (including phenoxy) is 1. The number of hydrogen-bond donors (Lipinski definition) is 0. The highest BCUT2D eigenvalue weighted by Gasteiger charge is 2.13. The number of carbonyl (C=O) groups excluding carboxylic acids is 1. The first-order valence-corrected chi connectivity index (χ1v) is 6.06. The Morgan fingerprint density at radius 1 is 1.33 bits per heavy atom. The fourth-order valence-corrected chi connectivity index (χ4v) is 1.54. The number of hydrogen-bond acceptors (Lipinski definition) is 3. The van der Waals surface area contributed by atoms with Crippen LogP contribution in [0.3, 0.4) is 0 Å². The van der Waals surface area contributed by atoms with Crippen LogP contribution in [0.4, 0.5) is 0 Å². The molecule has 1 atom stereocenters. The third-order valence-electron chi connectivity index (χ3n) is 2.87. The molecule has 0 bridgehead atoms. The molecule has 0 aliphatic heterocycles. The number of furan rings is 1. The van der Waals surface area contributed by atoms with Crippen molar-refractivity contribution in [3.63, 3.8) is 0 Å². The SMILES string of the molecule is CCC(C)C(=O)Oc1cccc(-c2ccco2)c1. The van der Waals surface area contributed by atoms with Crippen LogP contribution in [-0.4, -0.2) is 5.97 Å². The van der Waals surface area contributed by atoms with Crippen molar-refractivity contribution in [2.75, 3.05) is 0 Å². The summed E-state index contributed by atoms with van der Waals surface area (Å²) in [5.74, 6) is 1.03. The number of rotatable bonds is 4. The monoisotopic (exact) mass is 244 g/mol. The number of benzene rings is 1. The summed E-state index contributed by atoms with van der Waals surface area (Å²) in [5.41, 5.74) is 0.898. The van der Waals surface area contributed by atoms with Crippen molar-refractivity contribution in [3.8, 4) is 17.1 Å². The molecule has 18 heavy (non-hydrogen) atoms. The molecule has 94 valence electrons. The van der Waals surface area contributed by atoms with Crippen LogP contribution in [0.25, 0.3) is 11.3 Å². The van der Waals surface area contributed by atoms with Crippen molar-refractivity contribution in [2.45, 2.75) is 20.3 Å². The van der Waals surface area contributed by atoms with Gasteiger partial charge in [-0.05, 0) is 30.7 Å². The van der Waals surface area contributed by atoms with Crippen LogP contribution in [0.2, 0.25) is 0 Å². The molecule has 2 aromatic rings. The molecule has 1 aromatic carbocycles. The molecule has 0 fully saturated rings. The lowest BCUT2D eigenvalue weighted by Crippen LogP contribution is -2.16. The van der Waals surface area contributed by atoms with E-state index in [1.807, 2.05) is 38.1 Å². The van der Waals surface area contributed by atoms with Gasteiger partial charge in [0.1, 0.15) is 11.5 Å². The zero-order chi connectivity index (χ0) is 13.0. The predicted molar refractivity (Wildman–Crippen MR) is 69.2 cm³/mol. The molecule has 1 aromatic heterocycles. The van der Waals surface area contributed by atoms with Crippen LogP contribution < -0.4 is 4.74 Å². The summed E-state index contributed by atoms with van der Waals surface area (Å²) in [7, 11) is 0. The molecule has 3 heteroatoms. The predicted octanol–water partition coefficient (Wildman–Crippen LogP) is 3.90. The van der Waals surface area contributed by atoms with Crippen molar-refractivity contribution in [1.29, 1.82) is 0 Å². The Balaban J connectivity index is 2.16. The van der Waals surface area contributed by atoms with Gasteiger partial charge in [0.05, 0.1) is 12.2 Å². The molecule has 0 saturated carbocycles. The maximum absolute atomic E-state index is 11.7. The molecular formula is C15H16O3. The Labute approximate surface area is 106 Å². The molecule has 3 nitrogen and oxygen atoms in total. The fourth-order valence-electron chi connectivity index (χ4n) is 1.54. The molecule has 0 aliphatic rings. The average molecular weight is 244 g/mol. The Hall–Kier alpha value is -2.03. The summed E-state index contributed by atoms with van der Waals surface area (Å²) in [6.07, 6.45) is 2.39. The van der Waals surface area contributed by atoms with Gasteiger partial charge in [0, 0.05) is 5.56 Å². The van der Waals surface area contributed by atoms with Crippen LogP contribution in [0.5, 0.6) is 5.75 Å². The minimum absolute atomic E-state index is 0.0859. The lowest BCUT2D eigenvalue weighted by Gasteiger charge is -2.09. The van der Waals surface area contributed by atoms with Crippen LogP contribution in [0.1, 0.15) is 20.3 Å². The van der Waals surface area contributed by atoms with E-state index >= 15 is 0 Å². The van der Waals surface area contributed by atoms with E-state index in [4.69, 9.17) is 9.15 Å². The van der Waals surface area contributed by atoms with Crippen LogP contribution in [0.15, 0.2) is 47.1 Å². The first-order valence-electron chi connectivity index (χ1n) is 6.06. The van der Waals surface area contributed by atoms with Gasteiger partial charge in [0.2, 0.25) is 0 Å². The van der Waals surface area contributed by atoms with Crippen molar-refractivity contribution in [1.82, 2.24) is 0 Å². The molecule has 1 unspecified atom stereocenters. The highest BCUT2D eigenvalue weighted by molar-refractivity contribution is 5.75. The van der Waals surface area contributed by atoms with Gasteiger partial charge in [0.15, 0.2) is 0 Å². The van der Waals surface area contributed by atoms with Gasteiger partial charge in [-0.25, -0.2) is 0 Å². The normalized spacial score (nSPS) is 12.1. The zero-order valence-corrected chi connectivity index (χ0v) is 10.6. The van der Waals surface area contributed by atoms with Gasteiger partial charge in [-0.2, -0.15) is 0 Å². The second kappa shape index (κ2) is 5.54. The highest BCUT2D eigenvalue weighted by atomic mass is 16.5. The lowest BCUT2D eigenvalue weighted by molar-refractivity contribution is -0.138. The van der Waals surface area contributed by atoms with Gasteiger partial charge in [0.25, 0.3) is 0 Å². The molecule has 0 N–H and O–H groups in total. The molecule has 2 rings (SSSR count). The van der Waals surface area contributed by atoms with E-state index in [1.165, 1.54) is 0 Å². The summed E-state index contributed by atoms with van der Waals surface area (Å²) >= 11 is 0. The number of carbonyl (C=O) groups is 1. The molecular weight excluding hydrogens is 228 g/mol. The average Bonchev–Trinajstić information content (AvgIpc) is 2.92. The summed E-state index contributed by atoms with van der Waals surface area (Å²) in [4.78, 5) is 11.7. The molecule has 0 spiro atoms. The molecule has 0 aliphatic carbocycles. The van der Waals surface area contributed by atoms with Gasteiger partial charge in [-0.15, -0.1) is 0 Å². The minimum atomic E-state index is -0.200. The smallest absolute Gasteiger partial charge is 0.314 e. The van der Waals surface area contributed by atoms with Crippen molar-refractivity contribution >= 4 is 5.97 Å². The molecule has 0 amide bonds. The van der Waals surface area contributed by atoms with Gasteiger partial charge in [-0.1, -0.05) is 26.0 Å². The summed E-state index contributed by atoms with van der Waals surface area (Å²) in [6, 6.07) is 11.0. The van der Waals surface area contributed by atoms with Crippen LogP contribution in [-0.2, 0) is 4.79 Å². The second-order valence-electron chi connectivity index (χ2n) is 4.24. The van der Waals surface area contributed by atoms with Crippen molar-refractivity contribution in [2.24, 2.45) is 5.92 Å². The van der Waals surface area contributed by atoms with E-state index in [1.54, 1.807) is 18.4 Å². The van der Waals surface area contributed by atoms with Crippen molar-refractivity contribution < 1.29 is 13.9 Å². The van der Waals surface area contributed by atoms with E-state index in [0.717, 1.165) is 17.7 Å². The minimum Gasteiger partial charge on any atom is -0.464 e. The Morgan fingerprint density at radius 2 is 2.17 bits per heavy atom. The standard InChI is InChI=1S/C15H16O3/c1-3-11(2)15(16)18-13-7-4-6-12(10-13)14-8-5-9-17-14/h4-11H,3H2,1-2H3. The maximum Gasteiger partial charge on any atom is 0.314 e. The Kier molecular flexibility index (Phi) is 3.82. The van der Waals surface area contributed by atoms with Crippen molar-refractivity contribution in [3.05, 3.63) is 42.7 Å². The molecule has 0 radical (unpaired) electrons. The Morgan fingerprint density at radius 3 is 2.83 bits per heavy atom. The zero-order valence-electron chi connectivity index (χ0n) is 10.6. The van der Waals surface area contributed by atoms with E-state index in [2.05, 4.69) is 0 Å².